The summed E-state index contributed by atoms with van der Waals surface area (Å²) in [6.45, 7) is 8.02. The Morgan fingerprint density at radius 2 is 1.81 bits per heavy atom. The molecule has 4 amide bonds. The summed E-state index contributed by atoms with van der Waals surface area (Å²) in [5, 5.41) is 18.6. The van der Waals surface area contributed by atoms with E-state index in [1.807, 2.05) is 0 Å². The van der Waals surface area contributed by atoms with Crippen LogP contribution in [-0.2, 0) is 9.47 Å². The number of carbonyl (C=O) groups excluding carboxylic acids is 2. The molecule has 14 heteroatoms. The number of benzene rings is 1. The molecule has 0 unspecified atom stereocenters. The number of urea groups is 1. The fraction of sp³-hybridized carbons (Fsp3) is 0.414. The van der Waals surface area contributed by atoms with Crippen LogP contribution in [0.3, 0.4) is 0 Å². The number of halogens is 1. The zero-order valence-corrected chi connectivity index (χ0v) is 24.2. The number of nitrogens with zero attached hydrogens (tertiary/aromatic N) is 3. The fourth-order valence-electron chi connectivity index (χ4n) is 5.04. The molecule has 43 heavy (non-hydrogen) atoms. The molecule has 5 rings (SSSR count). The predicted octanol–water partition coefficient (Wildman–Crippen LogP) is 5.27. The molecule has 0 radical (unpaired) electrons. The van der Waals surface area contributed by atoms with Gasteiger partial charge in [0.1, 0.15) is 23.7 Å². The van der Waals surface area contributed by atoms with Crippen LogP contribution in [0.1, 0.15) is 39.2 Å². The van der Waals surface area contributed by atoms with Gasteiger partial charge in [-0.05, 0) is 63.6 Å². The minimum absolute atomic E-state index is 0.0334. The predicted molar refractivity (Wildman–Crippen MR) is 156 cm³/mol. The number of fused-ring (bicyclic) bond motifs is 2. The van der Waals surface area contributed by atoms with E-state index < -0.39 is 29.6 Å². The van der Waals surface area contributed by atoms with Crippen molar-refractivity contribution in [3.05, 3.63) is 35.9 Å². The number of anilines is 3. The number of amides is 4. The first-order chi connectivity index (χ1) is 20.4. The Morgan fingerprint density at radius 1 is 1.07 bits per heavy atom. The highest BCUT2D eigenvalue weighted by Crippen LogP contribution is 2.42. The topological polar surface area (TPSA) is 164 Å². The van der Waals surface area contributed by atoms with Crippen molar-refractivity contribution in [3.8, 4) is 17.0 Å². The van der Waals surface area contributed by atoms with Gasteiger partial charge in [-0.25, -0.2) is 28.7 Å². The van der Waals surface area contributed by atoms with Gasteiger partial charge in [0.25, 0.3) is 0 Å². The van der Waals surface area contributed by atoms with Gasteiger partial charge in [-0.2, -0.15) is 0 Å². The van der Waals surface area contributed by atoms with E-state index in [0.717, 1.165) is 4.90 Å². The van der Waals surface area contributed by atoms with E-state index in [-0.39, 0.29) is 58.8 Å². The van der Waals surface area contributed by atoms with E-state index in [2.05, 4.69) is 25.9 Å². The summed E-state index contributed by atoms with van der Waals surface area (Å²) in [6, 6.07) is 2.60. The maximum Gasteiger partial charge on any atom is 0.412 e. The molecule has 1 fully saturated rings. The van der Waals surface area contributed by atoms with Crippen LogP contribution in [0, 0.1) is 12.7 Å². The third kappa shape index (κ3) is 6.53. The molecule has 0 spiro atoms. The monoisotopic (exact) mass is 596 g/mol. The summed E-state index contributed by atoms with van der Waals surface area (Å²) in [7, 11) is 0. The molecule has 1 saturated heterocycles. The number of aromatic nitrogens is 2. The number of carbonyl (C=O) groups is 3. The highest BCUT2D eigenvalue weighted by Gasteiger charge is 2.30. The van der Waals surface area contributed by atoms with E-state index >= 15 is 4.39 Å². The van der Waals surface area contributed by atoms with E-state index in [9.17, 15) is 19.5 Å². The lowest BCUT2D eigenvalue weighted by Gasteiger charge is -2.29. The van der Waals surface area contributed by atoms with Gasteiger partial charge in [0.05, 0.1) is 12.2 Å². The number of carboxylic acid groups (broad SMARTS) is 1. The molecule has 2 aliphatic heterocycles. The lowest BCUT2D eigenvalue weighted by molar-refractivity contribution is 0.0635. The van der Waals surface area contributed by atoms with Crippen LogP contribution in [0.4, 0.5) is 36.0 Å². The standard InChI is InChI=1S/C29H33FN6O7/c1-15-19(13-32-25-24(15)36(28(39)40)7-10-42-25)18-11-16-12-21(34-26(37)33-17-5-8-41-9-6-17)31-14-20(16)23(22(18)30)35-27(38)43-29(2,3)4/h11-14,17H,5-10H2,1-4H3,(H,35,38)(H,39,40)(H2,31,33,34,37). The van der Waals surface area contributed by atoms with Crippen molar-refractivity contribution in [1.82, 2.24) is 15.3 Å². The van der Waals surface area contributed by atoms with Crippen LogP contribution < -0.4 is 25.6 Å². The van der Waals surface area contributed by atoms with Crippen LogP contribution in [0.15, 0.2) is 24.5 Å². The summed E-state index contributed by atoms with van der Waals surface area (Å²) < 4.78 is 32.6. The Bertz CT molecular complexity index is 1590. The average Bonchev–Trinajstić information content (AvgIpc) is 2.94. The molecule has 0 atom stereocenters. The minimum atomic E-state index is -1.20. The molecular weight excluding hydrogens is 563 g/mol. The van der Waals surface area contributed by atoms with Crippen molar-refractivity contribution in [3.63, 3.8) is 0 Å². The third-order valence-corrected chi connectivity index (χ3v) is 7.00. The van der Waals surface area contributed by atoms with Gasteiger partial charge in [-0.3, -0.25) is 15.5 Å². The smallest absolute Gasteiger partial charge is 0.412 e. The Balaban J connectivity index is 1.58. The van der Waals surface area contributed by atoms with Crippen LogP contribution in [0.2, 0.25) is 0 Å². The highest BCUT2D eigenvalue weighted by atomic mass is 19.1. The number of ether oxygens (including phenoxy) is 3. The van der Waals surface area contributed by atoms with Crippen molar-refractivity contribution in [2.24, 2.45) is 0 Å². The molecule has 4 heterocycles. The fourth-order valence-corrected chi connectivity index (χ4v) is 5.04. The van der Waals surface area contributed by atoms with Crippen molar-refractivity contribution < 1.29 is 38.1 Å². The van der Waals surface area contributed by atoms with E-state index in [0.29, 0.717) is 37.0 Å². The quantitative estimate of drug-likeness (QED) is 0.314. The molecule has 0 aliphatic carbocycles. The summed E-state index contributed by atoms with van der Waals surface area (Å²) in [4.78, 5) is 47.0. The first-order valence-electron chi connectivity index (χ1n) is 13.8. The molecule has 4 N–H and O–H groups in total. The lowest BCUT2D eigenvalue weighted by atomic mass is 9.96. The van der Waals surface area contributed by atoms with Crippen LogP contribution in [0.25, 0.3) is 21.9 Å². The van der Waals surface area contributed by atoms with Gasteiger partial charge < -0.3 is 24.6 Å². The van der Waals surface area contributed by atoms with E-state index in [1.165, 1.54) is 18.5 Å². The van der Waals surface area contributed by atoms with Gasteiger partial charge in [0.15, 0.2) is 5.82 Å². The van der Waals surface area contributed by atoms with Crippen molar-refractivity contribution >= 4 is 46.2 Å². The third-order valence-electron chi connectivity index (χ3n) is 7.00. The Labute approximate surface area is 246 Å². The first kappa shape index (κ1) is 29.8. The van der Waals surface area contributed by atoms with Crippen molar-refractivity contribution in [1.29, 1.82) is 0 Å². The summed E-state index contributed by atoms with van der Waals surface area (Å²) in [5.74, 6) is -0.486. The molecule has 1 aromatic carbocycles. The Kier molecular flexibility index (Phi) is 8.22. The number of pyridine rings is 2. The molecule has 13 nitrogen and oxygen atoms in total. The zero-order chi connectivity index (χ0) is 30.9. The number of nitrogens with one attached hydrogen (secondary N) is 3. The SMILES string of the molecule is Cc1c(-c2cc3cc(NC(=O)NC4CCOCC4)ncc3c(NC(=O)OC(C)(C)C)c2F)cnc2c1N(C(=O)O)CCO2. The first-order valence-corrected chi connectivity index (χ1v) is 13.8. The normalized spacial score (nSPS) is 15.3. The number of hydrogen-bond acceptors (Lipinski definition) is 8. The van der Waals surface area contributed by atoms with E-state index in [1.54, 1.807) is 33.8 Å². The summed E-state index contributed by atoms with van der Waals surface area (Å²) in [6.07, 6.45) is 2.05. The van der Waals surface area contributed by atoms with Crippen LogP contribution in [-0.4, -0.2) is 71.3 Å². The molecule has 2 aliphatic rings. The molecule has 3 aromatic rings. The van der Waals surface area contributed by atoms with Gasteiger partial charge in [0, 0.05) is 48.2 Å². The van der Waals surface area contributed by atoms with Gasteiger partial charge in [-0.1, -0.05) is 0 Å². The lowest BCUT2D eigenvalue weighted by Crippen LogP contribution is -2.41. The number of hydrogen-bond donors (Lipinski definition) is 4. The van der Waals surface area contributed by atoms with Crippen LogP contribution in [0.5, 0.6) is 5.88 Å². The molecule has 0 bridgehead atoms. The minimum Gasteiger partial charge on any atom is -0.474 e. The zero-order valence-electron chi connectivity index (χ0n) is 24.2. The maximum absolute atomic E-state index is 16.3. The van der Waals surface area contributed by atoms with Gasteiger partial charge in [-0.15, -0.1) is 0 Å². The Hall–Kier alpha value is -4.72. The second-order valence-electron chi connectivity index (χ2n) is 11.2. The van der Waals surface area contributed by atoms with Crippen LogP contribution >= 0.6 is 0 Å². The highest BCUT2D eigenvalue weighted by molar-refractivity contribution is 6.05. The second kappa shape index (κ2) is 11.9. The Morgan fingerprint density at radius 3 is 2.51 bits per heavy atom. The van der Waals surface area contributed by atoms with E-state index in [4.69, 9.17) is 14.2 Å². The number of rotatable bonds is 4. The maximum atomic E-state index is 16.3. The molecular formula is C29H33FN6O7. The van der Waals surface area contributed by atoms with Gasteiger partial charge in [0.2, 0.25) is 5.88 Å². The van der Waals surface area contributed by atoms with Crippen molar-refractivity contribution in [2.75, 3.05) is 41.9 Å². The van der Waals surface area contributed by atoms with Crippen molar-refractivity contribution in [2.45, 2.75) is 52.2 Å². The second-order valence-corrected chi connectivity index (χ2v) is 11.2. The van der Waals surface area contributed by atoms with Gasteiger partial charge >= 0.3 is 18.2 Å². The summed E-state index contributed by atoms with van der Waals surface area (Å²) >= 11 is 0. The largest absolute Gasteiger partial charge is 0.474 e. The average molecular weight is 597 g/mol. The molecule has 2 aromatic heterocycles. The molecule has 228 valence electrons. The summed E-state index contributed by atoms with van der Waals surface area (Å²) in [5.41, 5.74) is -0.107. The molecule has 0 saturated carbocycles.